The first-order valence-electron chi connectivity index (χ1n) is 5.46. The smallest absolute Gasteiger partial charge is 0.351 e. The molecule has 0 radical (unpaired) electrons. The molecule has 0 spiro atoms. The first-order valence-corrected chi connectivity index (χ1v) is 5.46. The van der Waals surface area contributed by atoms with Gasteiger partial charge in [-0.2, -0.15) is 13.2 Å². The zero-order valence-electron chi connectivity index (χ0n) is 9.51. The highest BCUT2D eigenvalue weighted by atomic mass is 19.4. The normalized spacial score (nSPS) is 21.9. The summed E-state index contributed by atoms with van der Waals surface area (Å²) in [6, 6.07) is -0.319. The van der Waals surface area contributed by atoms with Crippen molar-refractivity contribution < 1.29 is 27.8 Å². The Bertz CT molecular complexity index is 276. The van der Waals surface area contributed by atoms with Crippen molar-refractivity contribution in [2.24, 2.45) is 0 Å². The maximum absolute atomic E-state index is 12.5. The van der Waals surface area contributed by atoms with Crippen LogP contribution in [-0.2, 0) is 9.53 Å². The Labute approximate surface area is 97.1 Å². The molecule has 0 aromatic carbocycles. The van der Waals surface area contributed by atoms with E-state index in [9.17, 15) is 23.1 Å². The zero-order chi connectivity index (χ0) is 13.1. The Hall–Kier alpha value is -0.820. The van der Waals surface area contributed by atoms with Crippen LogP contribution in [0.2, 0.25) is 0 Å². The molecule has 0 heterocycles. The van der Waals surface area contributed by atoms with Gasteiger partial charge in [0.2, 0.25) is 0 Å². The molecule has 4 nitrogen and oxygen atoms in total. The van der Waals surface area contributed by atoms with Crippen molar-refractivity contribution in [3.05, 3.63) is 0 Å². The number of hydrogen-bond donors (Lipinski definition) is 2. The van der Waals surface area contributed by atoms with Crippen LogP contribution < -0.4 is 5.32 Å². The number of hydrogen-bond acceptors (Lipinski definition) is 3. The van der Waals surface area contributed by atoms with Crippen molar-refractivity contribution in [1.29, 1.82) is 0 Å². The number of aliphatic hydroxyl groups is 1. The second kappa shape index (κ2) is 5.22. The Balaban J connectivity index is 2.66. The summed E-state index contributed by atoms with van der Waals surface area (Å²) in [7, 11) is 0.647. The second-order valence-corrected chi connectivity index (χ2v) is 4.15. The molecule has 0 saturated heterocycles. The number of alkyl halides is 3. The Morgan fingerprint density at radius 2 is 1.82 bits per heavy atom. The molecule has 17 heavy (non-hydrogen) atoms. The van der Waals surface area contributed by atoms with Crippen LogP contribution in [0, 0.1) is 0 Å². The van der Waals surface area contributed by atoms with E-state index < -0.39 is 17.9 Å². The standard InChI is InChI=1S/C10H16F3NO3/c1-17-9(16,10(11,12)13)8(15)14-7-5-3-2-4-6-7/h7,16H,2-6H2,1H3,(H,14,15). The molecule has 1 aliphatic rings. The van der Waals surface area contributed by atoms with Gasteiger partial charge in [-0.25, -0.2) is 0 Å². The number of rotatable bonds is 3. The number of nitrogens with one attached hydrogen (secondary N) is 1. The fourth-order valence-electron chi connectivity index (χ4n) is 1.87. The van der Waals surface area contributed by atoms with Crippen molar-refractivity contribution in [1.82, 2.24) is 5.32 Å². The van der Waals surface area contributed by atoms with Gasteiger partial charge in [-0.1, -0.05) is 19.3 Å². The van der Waals surface area contributed by atoms with E-state index in [-0.39, 0.29) is 6.04 Å². The summed E-state index contributed by atoms with van der Waals surface area (Å²) in [4.78, 5) is 11.4. The number of amides is 1. The van der Waals surface area contributed by atoms with E-state index in [0.717, 1.165) is 19.3 Å². The lowest BCUT2D eigenvalue weighted by molar-refractivity contribution is -0.337. The molecule has 1 fully saturated rings. The van der Waals surface area contributed by atoms with Gasteiger partial charge in [-0.15, -0.1) is 0 Å². The van der Waals surface area contributed by atoms with E-state index in [2.05, 4.69) is 10.1 Å². The molecule has 0 bridgehead atoms. The highest BCUT2D eigenvalue weighted by Crippen LogP contribution is 2.31. The van der Waals surface area contributed by atoms with Gasteiger partial charge in [0.05, 0.1) is 0 Å². The number of carbonyl (C=O) groups excluding carboxylic acids is 1. The van der Waals surface area contributed by atoms with E-state index >= 15 is 0 Å². The van der Waals surface area contributed by atoms with Crippen LogP contribution in [0.3, 0.4) is 0 Å². The number of methoxy groups -OCH3 is 1. The van der Waals surface area contributed by atoms with Gasteiger partial charge >= 0.3 is 12.0 Å². The molecule has 1 atom stereocenters. The monoisotopic (exact) mass is 255 g/mol. The van der Waals surface area contributed by atoms with Gasteiger partial charge in [0, 0.05) is 13.2 Å². The fourth-order valence-corrected chi connectivity index (χ4v) is 1.87. The lowest BCUT2D eigenvalue weighted by Crippen LogP contribution is -2.60. The Morgan fingerprint density at radius 1 is 1.29 bits per heavy atom. The average Bonchev–Trinajstić information content (AvgIpc) is 2.27. The molecular formula is C10H16F3NO3. The van der Waals surface area contributed by atoms with Crippen LogP contribution in [0.15, 0.2) is 0 Å². The van der Waals surface area contributed by atoms with E-state index in [1.807, 2.05) is 0 Å². The van der Waals surface area contributed by atoms with Crippen molar-refractivity contribution in [2.75, 3.05) is 7.11 Å². The van der Waals surface area contributed by atoms with Crippen LogP contribution in [0.4, 0.5) is 13.2 Å². The molecule has 2 N–H and O–H groups in total. The molecule has 100 valence electrons. The maximum atomic E-state index is 12.5. The van der Waals surface area contributed by atoms with Crippen LogP contribution in [0.25, 0.3) is 0 Å². The van der Waals surface area contributed by atoms with E-state index in [0.29, 0.717) is 20.0 Å². The highest BCUT2D eigenvalue weighted by molar-refractivity contribution is 5.84. The topological polar surface area (TPSA) is 58.6 Å². The quantitative estimate of drug-likeness (QED) is 0.748. The SMILES string of the molecule is COC(O)(C(=O)NC1CCCCC1)C(F)(F)F. The molecule has 1 aliphatic carbocycles. The van der Waals surface area contributed by atoms with E-state index in [4.69, 9.17) is 0 Å². The summed E-state index contributed by atoms with van der Waals surface area (Å²) in [5.41, 5.74) is 0. The predicted octanol–water partition coefficient (Wildman–Crippen LogP) is 1.33. The second-order valence-electron chi connectivity index (χ2n) is 4.15. The third kappa shape index (κ3) is 3.10. The Morgan fingerprint density at radius 3 is 2.24 bits per heavy atom. The molecule has 1 saturated carbocycles. The van der Waals surface area contributed by atoms with Gasteiger partial charge in [0.1, 0.15) is 0 Å². The zero-order valence-corrected chi connectivity index (χ0v) is 9.51. The largest absolute Gasteiger partial charge is 0.453 e. The maximum Gasteiger partial charge on any atom is 0.453 e. The summed E-state index contributed by atoms with van der Waals surface area (Å²) in [6.07, 6.45) is -1.15. The molecule has 1 unspecified atom stereocenters. The van der Waals surface area contributed by atoms with Gasteiger partial charge in [0.25, 0.3) is 5.91 Å². The Kier molecular flexibility index (Phi) is 4.37. The number of halogens is 3. The molecule has 0 aromatic rings. The van der Waals surface area contributed by atoms with Gasteiger partial charge < -0.3 is 15.2 Å². The van der Waals surface area contributed by atoms with Gasteiger partial charge in [-0.3, -0.25) is 4.79 Å². The summed E-state index contributed by atoms with van der Waals surface area (Å²) in [6.45, 7) is 0. The third-order valence-electron chi connectivity index (χ3n) is 2.93. The summed E-state index contributed by atoms with van der Waals surface area (Å²) in [5, 5.41) is 11.4. The van der Waals surface area contributed by atoms with Crippen LogP contribution in [0.5, 0.6) is 0 Å². The molecular weight excluding hydrogens is 239 g/mol. The first-order chi connectivity index (χ1) is 7.81. The summed E-state index contributed by atoms with van der Waals surface area (Å²) < 4.78 is 41.3. The fraction of sp³-hybridized carbons (Fsp3) is 0.900. The number of carbonyl (C=O) groups is 1. The van der Waals surface area contributed by atoms with Crippen molar-refractivity contribution >= 4 is 5.91 Å². The minimum absolute atomic E-state index is 0.319. The molecule has 7 heteroatoms. The molecule has 0 aliphatic heterocycles. The van der Waals surface area contributed by atoms with Crippen molar-refractivity contribution in [2.45, 2.75) is 50.1 Å². The first kappa shape index (κ1) is 14.2. The number of ether oxygens (including phenoxy) is 1. The van der Waals surface area contributed by atoms with Gasteiger partial charge in [0.15, 0.2) is 0 Å². The minimum atomic E-state index is -5.15. The van der Waals surface area contributed by atoms with Crippen molar-refractivity contribution in [3.63, 3.8) is 0 Å². The van der Waals surface area contributed by atoms with Gasteiger partial charge in [-0.05, 0) is 12.8 Å². The highest BCUT2D eigenvalue weighted by Gasteiger charge is 2.61. The lowest BCUT2D eigenvalue weighted by Gasteiger charge is -2.30. The lowest BCUT2D eigenvalue weighted by atomic mass is 9.95. The average molecular weight is 255 g/mol. The molecule has 0 aromatic heterocycles. The van der Waals surface area contributed by atoms with Crippen molar-refractivity contribution in [3.8, 4) is 0 Å². The summed E-state index contributed by atoms with van der Waals surface area (Å²) >= 11 is 0. The predicted molar refractivity (Wildman–Crippen MR) is 53.0 cm³/mol. The van der Waals surface area contributed by atoms with E-state index in [1.54, 1.807) is 0 Å². The molecule has 1 rings (SSSR count). The third-order valence-corrected chi connectivity index (χ3v) is 2.93. The van der Waals surface area contributed by atoms with E-state index in [1.165, 1.54) is 0 Å². The minimum Gasteiger partial charge on any atom is -0.351 e. The van der Waals surface area contributed by atoms with Crippen LogP contribution in [-0.4, -0.2) is 36.1 Å². The van der Waals surface area contributed by atoms with Crippen LogP contribution in [0.1, 0.15) is 32.1 Å². The summed E-state index contributed by atoms with van der Waals surface area (Å²) in [5.74, 6) is -5.30. The van der Waals surface area contributed by atoms with Crippen LogP contribution >= 0.6 is 0 Å². The molecule has 1 amide bonds.